The molecule has 0 radical (unpaired) electrons. The molecule has 0 aliphatic heterocycles. The Morgan fingerprint density at radius 3 is 2.50 bits per heavy atom. The number of hydrogen-bond acceptors (Lipinski definition) is 1. The minimum absolute atomic E-state index is 0.000189. The van der Waals surface area contributed by atoms with E-state index in [-0.39, 0.29) is 13.1 Å². The second kappa shape index (κ2) is 5.37. The summed E-state index contributed by atoms with van der Waals surface area (Å²) in [6.07, 6.45) is 0.533. The molecule has 2 amide bonds. The summed E-state index contributed by atoms with van der Waals surface area (Å²) in [7, 11) is 0. The summed E-state index contributed by atoms with van der Waals surface area (Å²) in [5, 5.41) is 1.72. The quantitative estimate of drug-likeness (QED) is 0.695. The third-order valence-corrected chi connectivity index (χ3v) is 1.39. The lowest BCUT2D eigenvalue weighted by Gasteiger charge is -2.19. The molecule has 0 aromatic carbocycles. The van der Waals surface area contributed by atoms with Crippen LogP contribution in [-0.2, 0) is 0 Å². The summed E-state index contributed by atoms with van der Waals surface area (Å²) in [6.45, 7) is 0.561. The third-order valence-electron chi connectivity index (χ3n) is 1.39. The number of alkyl halides is 3. The maximum absolute atomic E-state index is 11.7. The molecule has 0 fully saturated rings. The molecule has 0 heterocycles. The Labute approximate surface area is 80.3 Å². The molecule has 6 heteroatoms. The Morgan fingerprint density at radius 2 is 2.14 bits per heavy atom. The molecule has 0 aliphatic carbocycles. The van der Waals surface area contributed by atoms with E-state index in [0.717, 1.165) is 4.90 Å². The standard InChI is InChI=1S/C8H11F3N2O/c1-3-5-13(4-2)7(14)12-6-8(9,10)11/h1H,4-6H2,2H3,(H,12,14). The number of urea groups is 1. The summed E-state index contributed by atoms with van der Waals surface area (Å²) in [5.74, 6) is 2.18. The van der Waals surface area contributed by atoms with Crippen molar-refractivity contribution in [1.82, 2.24) is 10.2 Å². The molecule has 3 nitrogen and oxygen atoms in total. The Morgan fingerprint density at radius 1 is 1.57 bits per heavy atom. The number of rotatable bonds is 3. The van der Waals surface area contributed by atoms with Crippen LogP contribution >= 0.6 is 0 Å². The minimum atomic E-state index is -4.40. The van der Waals surface area contributed by atoms with Gasteiger partial charge in [0.2, 0.25) is 0 Å². The van der Waals surface area contributed by atoms with Gasteiger partial charge in [0.15, 0.2) is 0 Å². The summed E-state index contributed by atoms with van der Waals surface area (Å²) < 4.78 is 35.1. The zero-order valence-corrected chi connectivity index (χ0v) is 7.69. The van der Waals surface area contributed by atoms with Crippen LogP contribution in [-0.4, -0.2) is 36.7 Å². The number of halogens is 3. The van der Waals surface area contributed by atoms with E-state index >= 15 is 0 Å². The van der Waals surface area contributed by atoms with Gasteiger partial charge in [-0.05, 0) is 6.92 Å². The van der Waals surface area contributed by atoms with Crippen LogP contribution in [0, 0.1) is 12.3 Å². The van der Waals surface area contributed by atoms with E-state index in [1.807, 2.05) is 0 Å². The predicted octanol–water partition coefficient (Wildman–Crippen LogP) is 1.21. The van der Waals surface area contributed by atoms with Crippen molar-refractivity contribution in [2.75, 3.05) is 19.6 Å². The molecule has 0 saturated heterocycles. The van der Waals surface area contributed by atoms with Crippen molar-refractivity contribution in [2.24, 2.45) is 0 Å². The molecule has 0 atom stereocenters. The Kier molecular flexibility index (Phi) is 4.84. The molecule has 0 aromatic rings. The first-order chi connectivity index (χ1) is 6.40. The Bertz CT molecular complexity index is 232. The molecule has 1 N–H and O–H groups in total. The van der Waals surface area contributed by atoms with Gasteiger partial charge >= 0.3 is 12.2 Å². The fourth-order valence-corrected chi connectivity index (χ4v) is 0.725. The minimum Gasteiger partial charge on any atom is -0.329 e. The molecule has 0 aromatic heterocycles. The third kappa shape index (κ3) is 5.30. The van der Waals surface area contributed by atoms with Crippen molar-refractivity contribution in [3.8, 4) is 12.3 Å². The van der Waals surface area contributed by atoms with Crippen molar-refractivity contribution in [2.45, 2.75) is 13.1 Å². The van der Waals surface area contributed by atoms with Gasteiger partial charge in [0.25, 0.3) is 0 Å². The highest BCUT2D eigenvalue weighted by molar-refractivity contribution is 5.74. The predicted molar refractivity (Wildman–Crippen MR) is 45.5 cm³/mol. The summed E-state index contributed by atoms with van der Waals surface area (Å²) in [4.78, 5) is 12.1. The van der Waals surface area contributed by atoms with Crippen molar-refractivity contribution in [1.29, 1.82) is 0 Å². The second-order valence-corrected chi connectivity index (χ2v) is 2.49. The maximum Gasteiger partial charge on any atom is 0.405 e. The second-order valence-electron chi connectivity index (χ2n) is 2.49. The van der Waals surface area contributed by atoms with E-state index in [0.29, 0.717) is 0 Å². The van der Waals surface area contributed by atoms with E-state index < -0.39 is 18.8 Å². The maximum atomic E-state index is 11.7. The van der Waals surface area contributed by atoms with E-state index in [9.17, 15) is 18.0 Å². The average Bonchev–Trinajstić information content (AvgIpc) is 2.09. The van der Waals surface area contributed by atoms with Gasteiger partial charge in [0, 0.05) is 6.54 Å². The highest BCUT2D eigenvalue weighted by Gasteiger charge is 2.28. The van der Waals surface area contributed by atoms with Crippen molar-refractivity contribution in [3.63, 3.8) is 0 Å². The molecule has 14 heavy (non-hydrogen) atoms. The van der Waals surface area contributed by atoms with Crippen LogP contribution in [0.2, 0.25) is 0 Å². The lowest BCUT2D eigenvalue weighted by molar-refractivity contribution is -0.123. The highest BCUT2D eigenvalue weighted by Crippen LogP contribution is 2.12. The molecule has 0 spiro atoms. The molecule has 0 rings (SSSR count). The Hall–Kier alpha value is -1.38. The average molecular weight is 208 g/mol. The van der Waals surface area contributed by atoms with Crippen LogP contribution < -0.4 is 5.32 Å². The number of nitrogens with zero attached hydrogens (tertiary/aromatic N) is 1. The zero-order valence-electron chi connectivity index (χ0n) is 7.69. The Balaban J connectivity index is 4.00. The number of terminal acetylenes is 1. The molecular weight excluding hydrogens is 197 g/mol. The molecule has 0 aliphatic rings. The number of amides is 2. The molecule has 0 unspecified atom stereocenters. The van der Waals surface area contributed by atoms with Gasteiger partial charge in [-0.3, -0.25) is 0 Å². The number of nitrogens with one attached hydrogen (secondary N) is 1. The number of carbonyl (C=O) groups excluding carboxylic acids is 1. The zero-order chi connectivity index (χ0) is 11.2. The fraction of sp³-hybridized carbons (Fsp3) is 0.625. The SMILES string of the molecule is C#CCN(CC)C(=O)NCC(F)(F)F. The summed E-state index contributed by atoms with van der Waals surface area (Å²) >= 11 is 0. The monoisotopic (exact) mass is 208 g/mol. The summed E-state index contributed by atoms with van der Waals surface area (Å²) in [5.41, 5.74) is 0. The van der Waals surface area contributed by atoms with E-state index in [1.165, 1.54) is 0 Å². The smallest absolute Gasteiger partial charge is 0.329 e. The van der Waals surface area contributed by atoms with Gasteiger partial charge in [-0.25, -0.2) is 4.79 Å². The first kappa shape index (κ1) is 12.6. The van der Waals surface area contributed by atoms with Crippen molar-refractivity contribution < 1.29 is 18.0 Å². The lowest BCUT2D eigenvalue weighted by Crippen LogP contribution is -2.43. The van der Waals surface area contributed by atoms with Gasteiger partial charge in [-0.15, -0.1) is 6.42 Å². The first-order valence-corrected chi connectivity index (χ1v) is 3.93. The van der Waals surface area contributed by atoms with Gasteiger partial charge in [-0.2, -0.15) is 13.2 Å². The molecule has 80 valence electrons. The highest BCUT2D eigenvalue weighted by atomic mass is 19.4. The van der Waals surface area contributed by atoms with Gasteiger partial charge in [-0.1, -0.05) is 5.92 Å². The molecule has 0 bridgehead atoms. The lowest BCUT2D eigenvalue weighted by atomic mass is 10.5. The summed E-state index contributed by atoms with van der Waals surface area (Å²) in [6, 6.07) is -0.803. The van der Waals surface area contributed by atoms with Crippen LogP contribution in [0.5, 0.6) is 0 Å². The van der Waals surface area contributed by atoms with Crippen LogP contribution in [0.1, 0.15) is 6.92 Å². The van der Waals surface area contributed by atoms with E-state index in [4.69, 9.17) is 6.42 Å². The number of hydrogen-bond donors (Lipinski definition) is 1. The van der Waals surface area contributed by atoms with Gasteiger partial charge in [0.1, 0.15) is 6.54 Å². The number of carbonyl (C=O) groups is 1. The van der Waals surface area contributed by atoms with Crippen LogP contribution in [0.4, 0.5) is 18.0 Å². The first-order valence-electron chi connectivity index (χ1n) is 3.93. The van der Waals surface area contributed by atoms with E-state index in [1.54, 1.807) is 12.2 Å². The van der Waals surface area contributed by atoms with Crippen molar-refractivity contribution >= 4 is 6.03 Å². The van der Waals surface area contributed by atoms with E-state index in [2.05, 4.69) is 5.92 Å². The van der Waals surface area contributed by atoms with Crippen molar-refractivity contribution in [3.05, 3.63) is 0 Å². The van der Waals surface area contributed by atoms with Crippen LogP contribution in [0.25, 0.3) is 0 Å². The molecule has 0 saturated carbocycles. The fourth-order valence-electron chi connectivity index (χ4n) is 0.725. The normalized spacial score (nSPS) is 10.5. The molecular formula is C8H11F3N2O. The topological polar surface area (TPSA) is 32.3 Å². The van der Waals surface area contributed by atoms with Gasteiger partial charge < -0.3 is 10.2 Å². The van der Waals surface area contributed by atoms with Gasteiger partial charge in [0.05, 0.1) is 6.54 Å². The largest absolute Gasteiger partial charge is 0.405 e. The van der Waals surface area contributed by atoms with Crippen LogP contribution in [0.3, 0.4) is 0 Å². The van der Waals surface area contributed by atoms with Crippen LogP contribution in [0.15, 0.2) is 0 Å².